The molecule has 0 aliphatic carbocycles. The molecule has 0 fully saturated rings. The minimum Gasteiger partial charge on any atom is -0.289 e. The van der Waals surface area contributed by atoms with Crippen LogP contribution in [0.2, 0.25) is 0 Å². The van der Waals surface area contributed by atoms with Gasteiger partial charge in [0, 0.05) is 25.1 Å². The number of carbonyl (C=O) groups is 1. The quantitative estimate of drug-likeness (QED) is 0.794. The highest BCUT2D eigenvalue weighted by atomic mass is 32.2. The Morgan fingerprint density at radius 3 is 2.58 bits per heavy atom. The van der Waals surface area contributed by atoms with E-state index in [1.165, 1.54) is 24.2 Å². The van der Waals surface area contributed by atoms with Crippen LogP contribution in [0.15, 0.2) is 18.5 Å². The van der Waals surface area contributed by atoms with Crippen LogP contribution < -0.4 is 4.90 Å². The van der Waals surface area contributed by atoms with Gasteiger partial charge >= 0.3 is 0 Å². The fourth-order valence-electron chi connectivity index (χ4n) is 2.25. The smallest absolute Gasteiger partial charge is 0.235 e. The predicted octanol–water partition coefficient (Wildman–Crippen LogP) is 1.77. The van der Waals surface area contributed by atoms with E-state index in [0.717, 1.165) is 23.8 Å². The lowest BCUT2D eigenvalue weighted by molar-refractivity contribution is -0.125. The monoisotopic (exact) mass is 372 g/mol. The zero-order chi connectivity index (χ0) is 18.1. The van der Waals surface area contributed by atoms with E-state index in [2.05, 4.69) is 15.2 Å². The van der Waals surface area contributed by atoms with Crippen LogP contribution in [0, 0.1) is 11.2 Å². The van der Waals surface area contributed by atoms with Crippen LogP contribution in [0.4, 0.5) is 9.52 Å². The third-order valence-corrected chi connectivity index (χ3v) is 5.45. The summed E-state index contributed by atoms with van der Waals surface area (Å²) in [4.78, 5) is 17.6. The van der Waals surface area contributed by atoms with Crippen LogP contribution in [-0.4, -0.2) is 48.6 Å². The first-order valence-electron chi connectivity index (χ1n) is 6.90. The maximum Gasteiger partial charge on any atom is 0.235 e. The van der Waals surface area contributed by atoms with E-state index in [-0.39, 0.29) is 5.75 Å². The highest BCUT2D eigenvalue weighted by Gasteiger charge is 2.35. The largest absolute Gasteiger partial charge is 0.289 e. The number of carbonyl (C=O) groups excluding carboxylic acids is 1. The predicted molar refractivity (Wildman–Crippen MR) is 90.0 cm³/mol. The molecule has 1 amide bonds. The molecule has 0 spiro atoms. The number of rotatable bonds is 5. The SMILES string of the molecule is CN(C(=O)C(C)(C)CS(C)(=O)=O)c1nnc(-c2cncc(F)c2)s1. The van der Waals surface area contributed by atoms with Crippen LogP contribution in [0.5, 0.6) is 0 Å². The molecular weight excluding hydrogens is 355 g/mol. The number of pyridine rings is 1. The molecule has 2 heterocycles. The molecule has 0 aliphatic heterocycles. The van der Waals surface area contributed by atoms with Gasteiger partial charge in [0.25, 0.3) is 0 Å². The number of aromatic nitrogens is 3. The van der Waals surface area contributed by atoms with Gasteiger partial charge in [0.15, 0.2) is 5.01 Å². The Bertz CT molecular complexity index is 864. The number of anilines is 1. The van der Waals surface area contributed by atoms with Crippen LogP contribution >= 0.6 is 11.3 Å². The minimum atomic E-state index is -3.32. The molecule has 0 atom stereocenters. The molecule has 2 aromatic heterocycles. The van der Waals surface area contributed by atoms with Gasteiger partial charge in [0.2, 0.25) is 11.0 Å². The molecule has 130 valence electrons. The van der Waals surface area contributed by atoms with Crippen molar-refractivity contribution in [1.29, 1.82) is 0 Å². The van der Waals surface area contributed by atoms with Crippen molar-refractivity contribution < 1.29 is 17.6 Å². The average molecular weight is 372 g/mol. The van der Waals surface area contributed by atoms with Crippen LogP contribution in [0.3, 0.4) is 0 Å². The average Bonchev–Trinajstić information content (AvgIpc) is 2.93. The summed E-state index contributed by atoms with van der Waals surface area (Å²) < 4.78 is 36.2. The fraction of sp³-hybridized carbons (Fsp3) is 0.429. The molecule has 0 saturated heterocycles. The third kappa shape index (κ3) is 4.32. The normalized spacial score (nSPS) is 12.2. The van der Waals surface area contributed by atoms with E-state index in [9.17, 15) is 17.6 Å². The minimum absolute atomic E-state index is 0.275. The van der Waals surface area contributed by atoms with E-state index in [0.29, 0.717) is 15.7 Å². The Balaban J connectivity index is 2.24. The van der Waals surface area contributed by atoms with Crippen molar-refractivity contribution in [2.75, 3.05) is 24.0 Å². The lowest BCUT2D eigenvalue weighted by atomic mass is 9.95. The van der Waals surface area contributed by atoms with Crippen molar-refractivity contribution >= 4 is 32.2 Å². The molecule has 0 unspecified atom stereocenters. The van der Waals surface area contributed by atoms with Gasteiger partial charge in [0.05, 0.1) is 17.4 Å². The summed E-state index contributed by atoms with van der Waals surface area (Å²) in [5.41, 5.74) is -0.649. The van der Waals surface area contributed by atoms with E-state index in [1.807, 2.05) is 0 Å². The van der Waals surface area contributed by atoms with Gasteiger partial charge in [-0.3, -0.25) is 14.7 Å². The Hall–Kier alpha value is -1.94. The molecule has 0 saturated carbocycles. The van der Waals surface area contributed by atoms with Gasteiger partial charge in [-0.05, 0) is 6.07 Å². The summed E-state index contributed by atoms with van der Waals surface area (Å²) >= 11 is 1.09. The van der Waals surface area contributed by atoms with Crippen LogP contribution in [-0.2, 0) is 14.6 Å². The second-order valence-corrected chi connectivity index (χ2v) is 9.20. The Labute approximate surface area is 143 Å². The zero-order valence-corrected chi connectivity index (χ0v) is 15.3. The number of hydrogen-bond acceptors (Lipinski definition) is 7. The van der Waals surface area contributed by atoms with Crippen molar-refractivity contribution in [1.82, 2.24) is 15.2 Å². The lowest BCUT2D eigenvalue weighted by Crippen LogP contribution is -2.42. The molecule has 0 N–H and O–H groups in total. The summed E-state index contributed by atoms with van der Waals surface area (Å²) in [6.07, 6.45) is 3.61. The van der Waals surface area contributed by atoms with Crippen molar-refractivity contribution in [3.8, 4) is 10.6 Å². The molecule has 10 heteroatoms. The van der Waals surface area contributed by atoms with Gasteiger partial charge < -0.3 is 0 Å². The summed E-state index contributed by atoms with van der Waals surface area (Å²) in [6.45, 7) is 3.12. The first-order valence-corrected chi connectivity index (χ1v) is 9.77. The first-order chi connectivity index (χ1) is 11.0. The summed E-state index contributed by atoms with van der Waals surface area (Å²) in [7, 11) is -1.81. The second-order valence-electron chi connectivity index (χ2n) is 6.10. The van der Waals surface area contributed by atoms with Crippen molar-refractivity contribution in [2.45, 2.75) is 13.8 Å². The Morgan fingerprint density at radius 2 is 2.00 bits per heavy atom. The van der Waals surface area contributed by atoms with Gasteiger partial charge in [-0.25, -0.2) is 12.8 Å². The number of sulfone groups is 1. The molecule has 2 rings (SSSR count). The van der Waals surface area contributed by atoms with Gasteiger partial charge in [-0.2, -0.15) is 0 Å². The topological polar surface area (TPSA) is 93.1 Å². The standard InChI is InChI=1S/C14H17FN4O3S2/c1-14(2,8-24(4,21)22)12(20)19(3)13-18-17-11(23-13)9-5-10(15)7-16-6-9/h5-7H,8H2,1-4H3. The van der Waals surface area contributed by atoms with E-state index < -0.39 is 27.0 Å². The molecule has 0 bridgehead atoms. The van der Waals surface area contributed by atoms with E-state index in [4.69, 9.17) is 0 Å². The summed E-state index contributed by atoms with van der Waals surface area (Å²) in [5, 5.41) is 8.57. The van der Waals surface area contributed by atoms with Gasteiger partial charge in [-0.1, -0.05) is 25.2 Å². The molecule has 0 aliphatic rings. The van der Waals surface area contributed by atoms with Crippen LogP contribution in [0.1, 0.15) is 13.8 Å². The second kappa shape index (κ2) is 6.52. The number of nitrogens with zero attached hydrogens (tertiary/aromatic N) is 4. The highest BCUT2D eigenvalue weighted by Crippen LogP contribution is 2.30. The maximum atomic E-state index is 13.2. The third-order valence-electron chi connectivity index (χ3n) is 3.16. The number of halogens is 1. The zero-order valence-electron chi connectivity index (χ0n) is 13.6. The maximum absolute atomic E-state index is 13.2. The number of hydrogen-bond donors (Lipinski definition) is 0. The molecule has 7 nitrogen and oxygen atoms in total. The summed E-state index contributed by atoms with van der Waals surface area (Å²) in [6, 6.07) is 1.27. The highest BCUT2D eigenvalue weighted by molar-refractivity contribution is 7.90. The van der Waals surface area contributed by atoms with Crippen molar-refractivity contribution in [3.05, 3.63) is 24.3 Å². The Kier molecular flexibility index (Phi) is 5.00. The van der Waals surface area contributed by atoms with Gasteiger partial charge in [-0.15, -0.1) is 10.2 Å². The van der Waals surface area contributed by atoms with Gasteiger partial charge in [0.1, 0.15) is 15.7 Å². The first kappa shape index (κ1) is 18.4. The van der Waals surface area contributed by atoms with Crippen molar-refractivity contribution in [3.63, 3.8) is 0 Å². The molecule has 24 heavy (non-hydrogen) atoms. The van der Waals surface area contributed by atoms with Crippen molar-refractivity contribution in [2.24, 2.45) is 5.41 Å². The molecule has 2 aromatic rings. The van der Waals surface area contributed by atoms with E-state index in [1.54, 1.807) is 13.8 Å². The molecule has 0 radical (unpaired) electrons. The molecular formula is C14H17FN4O3S2. The van der Waals surface area contributed by atoms with Crippen LogP contribution in [0.25, 0.3) is 10.6 Å². The Morgan fingerprint density at radius 1 is 1.33 bits per heavy atom. The number of amides is 1. The molecule has 0 aromatic carbocycles. The lowest BCUT2D eigenvalue weighted by Gasteiger charge is -2.26. The van der Waals surface area contributed by atoms with E-state index >= 15 is 0 Å². The fourth-order valence-corrected chi connectivity index (χ4v) is 4.47. The summed E-state index contributed by atoms with van der Waals surface area (Å²) in [5.74, 6) is -1.17.